The first-order chi connectivity index (χ1) is 13.2. The molecule has 2 aromatic heterocycles. The second-order valence-corrected chi connectivity index (χ2v) is 10.8. The fraction of sp³-hybridized carbons (Fsp3) is 0.350. The fourth-order valence-electron chi connectivity index (χ4n) is 2.46. The number of thiazole rings is 1. The Morgan fingerprint density at radius 1 is 1.07 bits per heavy atom. The molecule has 1 aromatic carbocycles. The molecule has 2 heterocycles. The Bertz CT molecular complexity index is 1020. The molecule has 0 amide bonds. The van der Waals surface area contributed by atoms with Crippen molar-refractivity contribution in [1.82, 2.24) is 9.71 Å². The van der Waals surface area contributed by atoms with Crippen molar-refractivity contribution in [3.05, 3.63) is 52.3 Å². The van der Waals surface area contributed by atoms with E-state index in [0.717, 1.165) is 27.6 Å². The molecular formula is C20H24N2O3S3. The minimum atomic E-state index is -3.57. The number of hydrogen-bond donors (Lipinski definition) is 1. The Labute approximate surface area is 174 Å². The molecule has 0 spiro atoms. The highest BCUT2D eigenvalue weighted by Gasteiger charge is 2.18. The maximum atomic E-state index is 12.6. The first kappa shape index (κ1) is 21.0. The molecule has 1 N–H and O–H groups in total. The van der Waals surface area contributed by atoms with Crippen LogP contribution in [0, 0.1) is 0 Å². The van der Waals surface area contributed by atoms with E-state index < -0.39 is 10.0 Å². The van der Waals surface area contributed by atoms with Gasteiger partial charge in [0.25, 0.3) is 0 Å². The number of nitrogens with zero attached hydrogens (tertiary/aromatic N) is 1. The average Bonchev–Trinajstić information content (AvgIpc) is 3.30. The van der Waals surface area contributed by atoms with Gasteiger partial charge < -0.3 is 4.74 Å². The summed E-state index contributed by atoms with van der Waals surface area (Å²) in [6.07, 6.45) is 0.104. The van der Waals surface area contributed by atoms with Crippen LogP contribution in [0.25, 0.3) is 10.6 Å². The molecule has 150 valence electrons. The topological polar surface area (TPSA) is 68.3 Å². The molecule has 0 fully saturated rings. The number of rotatable bonds is 8. The van der Waals surface area contributed by atoms with Gasteiger partial charge in [-0.05, 0) is 43.5 Å². The van der Waals surface area contributed by atoms with E-state index in [4.69, 9.17) is 4.74 Å². The van der Waals surface area contributed by atoms with Gasteiger partial charge in [0.15, 0.2) is 0 Å². The molecule has 28 heavy (non-hydrogen) atoms. The van der Waals surface area contributed by atoms with Gasteiger partial charge in [0, 0.05) is 22.9 Å². The predicted octanol–water partition coefficient (Wildman–Crippen LogP) is 5.26. The molecule has 5 nitrogen and oxygen atoms in total. The molecule has 8 heteroatoms. The number of sulfonamides is 1. The molecule has 0 aliphatic rings. The fourth-order valence-corrected chi connectivity index (χ4v) is 5.73. The minimum Gasteiger partial charge on any atom is -0.491 e. The van der Waals surface area contributed by atoms with E-state index in [1.807, 2.05) is 48.9 Å². The molecular weight excluding hydrogens is 412 g/mol. The summed E-state index contributed by atoms with van der Waals surface area (Å²) in [6, 6.07) is 9.12. The van der Waals surface area contributed by atoms with Gasteiger partial charge in [0.1, 0.15) is 15.0 Å². The molecule has 3 aromatic rings. The molecule has 0 saturated carbocycles. The first-order valence-electron chi connectivity index (χ1n) is 9.04. The van der Waals surface area contributed by atoms with Crippen molar-refractivity contribution in [2.24, 2.45) is 0 Å². The van der Waals surface area contributed by atoms with E-state index in [9.17, 15) is 8.42 Å². The highest BCUT2D eigenvalue weighted by atomic mass is 32.2. The molecule has 0 unspecified atom stereocenters. The lowest BCUT2D eigenvalue weighted by atomic mass is 10.2. The van der Waals surface area contributed by atoms with Gasteiger partial charge in [-0.1, -0.05) is 26.0 Å². The molecule has 0 atom stereocenters. The summed E-state index contributed by atoms with van der Waals surface area (Å²) in [6.45, 7) is 8.34. The van der Waals surface area contributed by atoms with Crippen molar-refractivity contribution in [1.29, 1.82) is 0 Å². The molecule has 0 radical (unpaired) electrons. The van der Waals surface area contributed by atoms with Gasteiger partial charge in [0.05, 0.1) is 11.8 Å². The number of aromatic nitrogens is 1. The SMILES string of the molecule is CC(C)Oc1ccc(CNS(=O)(=O)c2cc(-c3nc(C(C)C)cs3)cs2)cc1. The lowest BCUT2D eigenvalue weighted by Gasteiger charge is -2.10. The van der Waals surface area contributed by atoms with Crippen molar-refractivity contribution in [3.63, 3.8) is 0 Å². The van der Waals surface area contributed by atoms with Crippen LogP contribution >= 0.6 is 22.7 Å². The third kappa shape index (κ3) is 5.20. The second-order valence-electron chi connectivity index (χ2n) is 7.02. The number of ether oxygens (including phenoxy) is 1. The zero-order valence-corrected chi connectivity index (χ0v) is 18.7. The largest absolute Gasteiger partial charge is 0.491 e. The molecule has 3 rings (SSSR count). The zero-order valence-electron chi connectivity index (χ0n) is 16.3. The van der Waals surface area contributed by atoms with E-state index in [1.54, 1.807) is 6.07 Å². The highest BCUT2D eigenvalue weighted by Crippen LogP contribution is 2.32. The summed E-state index contributed by atoms with van der Waals surface area (Å²) in [4.78, 5) is 4.60. The number of thiophene rings is 1. The second kappa shape index (κ2) is 8.73. The average molecular weight is 437 g/mol. The van der Waals surface area contributed by atoms with E-state index in [-0.39, 0.29) is 12.6 Å². The van der Waals surface area contributed by atoms with Gasteiger partial charge in [-0.15, -0.1) is 22.7 Å². The molecule has 0 bridgehead atoms. The van der Waals surface area contributed by atoms with Crippen LogP contribution in [0.2, 0.25) is 0 Å². The van der Waals surface area contributed by atoms with Gasteiger partial charge in [0.2, 0.25) is 10.0 Å². The summed E-state index contributed by atoms with van der Waals surface area (Å²) in [7, 11) is -3.57. The van der Waals surface area contributed by atoms with Crippen molar-refractivity contribution < 1.29 is 13.2 Å². The summed E-state index contributed by atoms with van der Waals surface area (Å²) in [5.74, 6) is 1.12. The van der Waals surface area contributed by atoms with Gasteiger partial charge in [-0.3, -0.25) is 0 Å². The monoisotopic (exact) mass is 436 g/mol. The predicted molar refractivity (Wildman–Crippen MR) is 116 cm³/mol. The number of hydrogen-bond acceptors (Lipinski definition) is 6. The maximum absolute atomic E-state index is 12.6. The van der Waals surface area contributed by atoms with E-state index in [0.29, 0.717) is 10.1 Å². The summed E-state index contributed by atoms with van der Waals surface area (Å²) in [5, 5.41) is 4.72. The highest BCUT2D eigenvalue weighted by molar-refractivity contribution is 7.91. The lowest BCUT2D eigenvalue weighted by Crippen LogP contribution is -2.22. The van der Waals surface area contributed by atoms with E-state index in [1.165, 1.54) is 22.7 Å². The summed E-state index contributed by atoms with van der Waals surface area (Å²) in [5.41, 5.74) is 2.74. The van der Waals surface area contributed by atoms with Crippen molar-refractivity contribution in [2.45, 2.75) is 50.5 Å². The molecule has 0 saturated heterocycles. The quantitative estimate of drug-likeness (QED) is 0.523. The zero-order chi connectivity index (χ0) is 20.3. The van der Waals surface area contributed by atoms with E-state index in [2.05, 4.69) is 23.6 Å². The summed E-state index contributed by atoms with van der Waals surface area (Å²) < 4.78 is 33.8. The Morgan fingerprint density at radius 3 is 2.39 bits per heavy atom. The minimum absolute atomic E-state index is 0.104. The van der Waals surface area contributed by atoms with Crippen LogP contribution in [0.4, 0.5) is 0 Å². The third-order valence-electron chi connectivity index (χ3n) is 3.96. The van der Waals surface area contributed by atoms with Gasteiger partial charge >= 0.3 is 0 Å². The first-order valence-corrected chi connectivity index (χ1v) is 12.3. The lowest BCUT2D eigenvalue weighted by molar-refractivity contribution is 0.242. The van der Waals surface area contributed by atoms with Crippen LogP contribution < -0.4 is 9.46 Å². The number of nitrogens with one attached hydrogen (secondary N) is 1. The van der Waals surface area contributed by atoms with Crippen molar-refractivity contribution in [3.8, 4) is 16.3 Å². The van der Waals surface area contributed by atoms with Crippen LogP contribution in [0.1, 0.15) is 44.9 Å². The Balaban J connectivity index is 1.67. The maximum Gasteiger partial charge on any atom is 0.250 e. The van der Waals surface area contributed by atoms with Crippen LogP contribution in [0.15, 0.2) is 45.3 Å². The summed E-state index contributed by atoms with van der Waals surface area (Å²) >= 11 is 2.75. The van der Waals surface area contributed by atoms with Gasteiger partial charge in [-0.2, -0.15) is 0 Å². The van der Waals surface area contributed by atoms with Crippen LogP contribution in [0.5, 0.6) is 5.75 Å². The van der Waals surface area contributed by atoms with Gasteiger partial charge in [-0.25, -0.2) is 18.1 Å². The van der Waals surface area contributed by atoms with Crippen LogP contribution in [-0.4, -0.2) is 19.5 Å². The number of benzene rings is 1. The standard InChI is InChI=1S/C20H24N2O3S3/c1-13(2)18-12-27-20(22-18)16-9-19(26-11-16)28(23,24)21-10-15-5-7-17(8-6-15)25-14(3)4/h5-9,11-14,21H,10H2,1-4H3. The molecule has 0 aliphatic heterocycles. The van der Waals surface area contributed by atoms with Crippen molar-refractivity contribution in [2.75, 3.05) is 0 Å². The smallest absolute Gasteiger partial charge is 0.250 e. The van der Waals surface area contributed by atoms with Crippen molar-refractivity contribution >= 4 is 32.7 Å². The van der Waals surface area contributed by atoms with Crippen LogP contribution in [0.3, 0.4) is 0 Å². The van der Waals surface area contributed by atoms with Crippen LogP contribution in [-0.2, 0) is 16.6 Å². The molecule has 0 aliphatic carbocycles. The Hall–Kier alpha value is -1.74. The Morgan fingerprint density at radius 2 is 1.79 bits per heavy atom. The third-order valence-corrected chi connectivity index (χ3v) is 7.71. The van der Waals surface area contributed by atoms with E-state index >= 15 is 0 Å². The Kier molecular flexibility index (Phi) is 6.54. The normalized spacial score (nSPS) is 12.1.